The fourth-order valence-corrected chi connectivity index (χ4v) is 3.69. The molecular weight excluding hydrogens is 354 g/mol. The first-order valence-electron chi connectivity index (χ1n) is 9.25. The zero-order valence-electron chi connectivity index (χ0n) is 15.6. The van der Waals surface area contributed by atoms with Crippen LogP contribution in [0.2, 0.25) is 5.02 Å². The lowest BCUT2D eigenvalue weighted by atomic mass is 9.67. The zero-order valence-corrected chi connectivity index (χ0v) is 16.3. The number of rotatable bonds is 8. The summed E-state index contributed by atoms with van der Waals surface area (Å²) >= 11 is 6.25. The zero-order chi connectivity index (χ0) is 18.4. The molecule has 0 bridgehead atoms. The number of aliphatic imine (C=N–C) groups is 1. The van der Waals surface area contributed by atoms with E-state index in [-0.39, 0.29) is 6.79 Å². The van der Waals surface area contributed by atoms with Gasteiger partial charge >= 0.3 is 0 Å². The maximum absolute atomic E-state index is 6.25. The lowest BCUT2D eigenvalue weighted by Crippen LogP contribution is -2.46. The highest BCUT2D eigenvalue weighted by atomic mass is 35.5. The summed E-state index contributed by atoms with van der Waals surface area (Å²) in [6.45, 7) is 5.36. The van der Waals surface area contributed by atoms with Gasteiger partial charge in [-0.3, -0.25) is 0 Å². The third-order valence-corrected chi connectivity index (χ3v) is 5.41. The number of nitrogens with zero attached hydrogens (tertiary/aromatic N) is 1. The van der Waals surface area contributed by atoms with Crippen molar-refractivity contribution in [2.75, 3.05) is 33.6 Å². The lowest BCUT2D eigenvalue weighted by molar-refractivity contribution is 0.0732. The van der Waals surface area contributed by atoms with E-state index in [1.165, 1.54) is 19.3 Å². The number of guanidine groups is 1. The number of hydrogen-bond acceptors (Lipinski definition) is 4. The third kappa shape index (κ3) is 4.54. The van der Waals surface area contributed by atoms with Crippen LogP contribution in [-0.2, 0) is 11.3 Å². The molecule has 0 saturated heterocycles. The standard InChI is InChI=1S/C19H28ClN3O3/c1-3-21-18(23-12-19(5-4-6-19)7-8-24-2)22-11-14-9-15(20)17-16(10-14)25-13-26-17/h9-10H,3-8,11-13H2,1-2H3,(H2,21,22,23). The Morgan fingerprint density at radius 3 is 2.85 bits per heavy atom. The molecule has 0 unspecified atom stereocenters. The topological polar surface area (TPSA) is 64.1 Å². The molecule has 0 radical (unpaired) electrons. The summed E-state index contributed by atoms with van der Waals surface area (Å²) in [5.41, 5.74) is 1.34. The van der Waals surface area contributed by atoms with Crippen molar-refractivity contribution in [1.29, 1.82) is 0 Å². The van der Waals surface area contributed by atoms with Gasteiger partial charge in [0.05, 0.1) is 11.6 Å². The van der Waals surface area contributed by atoms with Gasteiger partial charge in [0.2, 0.25) is 6.79 Å². The van der Waals surface area contributed by atoms with Crippen molar-refractivity contribution in [1.82, 2.24) is 10.6 Å². The van der Waals surface area contributed by atoms with E-state index in [0.29, 0.717) is 28.5 Å². The molecule has 2 aliphatic rings. The molecule has 1 aromatic carbocycles. The van der Waals surface area contributed by atoms with Gasteiger partial charge in [-0.1, -0.05) is 18.0 Å². The van der Waals surface area contributed by atoms with Gasteiger partial charge in [-0.2, -0.15) is 0 Å². The van der Waals surface area contributed by atoms with Crippen LogP contribution < -0.4 is 20.1 Å². The first-order valence-corrected chi connectivity index (χ1v) is 9.63. The number of halogens is 1. The minimum atomic E-state index is 0.218. The van der Waals surface area contributed by atoms with Crippen molar-refractivity contribution in [3.05, 3.63) is 22.7 Å². The van der Waals surface area contributed by atoms with Crippen molar-refractivity contribution in [2.24, 2.45) is 10.4 Å². The Labute approximate surface area is 160 Å². The van der Waals surface area contributed by atoms with E-state index in [1.54, 1.807) is 7.11 Å². The molecule has 0 amide bonds. The van der Waals surface area contributed by atoms with Crippen molar-refractivity contribution in [2.45, 2.75) is 39.2 Å². The summed E-state index contributed by atoms with van der Waals surface area (Å²) in [6, 6.07) is 3.82. The van der Waals surface area contributed by atoms with E-state index in [1.807, 2.05) is 12.1 Å². The molecule has 7 heteroatoms. The second-order valence-corrected chi connectivity index (χ2v) is 7.36. The van der Waals surface area contributed by atoms with Crippen LogP contribution in [-0.4, -0.2) is 39.6 Å². The van der Waals surface area contributed by atoms with Crippen molar-refractivity contribution < 1.29 is 14.2 Å². The molecule has 2 N–H and O–H groups in total. The lowest BCUT2D eigenvalue weighted by Gasteiger charge is -2.42. The molecule has 0 atom stereocenters. The Morgan fingerprint density at radius 1 is 1.31 bits per heavy atom. The maximum Gasteiger partial charge on any atom is 0.231 e. The summed E-state index contributed by atoms with van der Waals surface area (Å²) in [4.78, 5) is 4.70. The Morgan fingerprint density at radius 2 is 2.15 bits per heavy atom. The normalized spacial score (nSPS) is 17.7. The molecule has 0 spiro atoms. The summed E-state index contributed by atoms with van der Waals surface area (Å²) in [6.07, 6.45) is 4.89. The second-order valence-electron chi connectivity index (χ2n) is 6.96. The van der Waals surface area contributed by atoms with Gasteiger partial charge in [0.25, 0.3) is 0 Å². The molecule has 1 fully saturated rings. The number of methoxy groups -OCH3 is 1. The van der Waals surface area contributed by atoms with E-state index in [0.717, 1.165) is 37.6 Å². The van der Waals surface area contributed by atoms with Gasteiger partial charge < -0.3 is 24.8 Å². The molecule has 144 valence electrons. The van der Waals surface area contributed by atoms with Gasteiger partial charge in [-0.05, 0) is 49.3 Å². The highest BCUT2D eigenvalue weighted by Gasteiger charge is 2.36. The summed E-state index contributed by atoms with van der Waals surface area (Å²) in [5.74, 6) is 2.13. The van der Waals surface area contributed by atoms with Crippen LogP contribution >= 0.6 is 11.6 Å². The molecule has 1 aliphatic heterocycles. The smallest absolute Gasteiger partial charge is 0.231 e. The van der Waals surface area contributed by atoms with Crippen LogP contribution in [0.4, 0.5) is 0 Å². The molecule has 1 aliphatic carbocycles. The Balaban J connectivity index is 1.61. The van der Waals surface area contributed by atoms with Crippen LogP contribution in [0.5, 0.6) is 11.5 Å². The SMILES string of the molecule is CCNC(=NCc1cc(Cl)c2c(c1)OCO2)NCC1(CCOC)CCC1. The number of fused-ring (bicyclic) bond motifs is 1. The van der Waals surface area contributed by atoms with E-state index in [4.69, 9.17) is 30.8 Å². The number of ether oxygens (including phenoxy) is 3. The summed E-state index contributed by atoms with van der Waals surface area (Å²) in [5, 5.41) is 7.39. The van der Waals surface area contributed by atoms with Crippen molar-refractivity contribution in [3.63, 3.8) is 0 Å². The van der Waals surface area contributed by atoms with E-state index >= 15 is 0 Å². The third-order valence-electron chi connectivity index (χ3n) is 5.13. The highest BCUT2D eigenvalue weighted by molar-refractivity contribution is 6.32. The van der Waals surface area contributed by atoms with Gasteiger partial charge in [0.15, 0.2) is 17.5 Å². The first-order chi connectivity index (χ1) is 12.7. The molecule has 1 saturated carbocycles. The Hall–Kier alpha value is -1.66. The van der Waals surface area contributed by atoms with Crippen LogP contribution in [0, 0.1) is 5.41 Å². The Kier molecular flexibility index (Phi) is 6.48. The number of hydrogen-bond donors (Lipinski definition) is 2. The van der Waals surface area contributed by atoms with E-state index < -0.39 is 0 Å². The molecule has 0 aromatic heterocycles. The van der Waals surface area contributed by atoms with Crippen molar-refractivity contribution >= 4 is 17.6 Å². The molecule has 26 heavy (non-hydrogen) atoms. The first kappa shape index (κ1) is 19.1. The highest BCUT2D eigenvalue weighted by Crippen LogP contribution is 2.43. The Bertz CT molecular complexity index is 647. The van der Waals surface area contributed by atoms with E-state index in [2.05, 4.69) is 17.6 Å². The second kappa shape index (κ2) is 8.82. The molecular formula is C19H28ClN3O3. The average Bonchev–Trinajstić information content (AvgIpc) is 3.07. The maximum atomic E-state index is 6.25. The molecule has 1 heterocycles. The predicted octanol–water partition coefficient (Wildman–Crippen LogP) is 3.33. The van der Waals surface area contributed by atoms with Crippen LogP contribution in [0.15, 0.2) is 17.1 Å². The average molecular weight is 382 g/mol. The molecule has 3 rings (SSSR count). The monoisotopic (exact) mass is 381 g/mol. The molecule has 1 aromatic rings. The van der Waals surface area contributed by atoms with E-state index in [9.17, 15) is 0 Å². The molecule has 6 nitrogen and oxygen atoms in total. The minimum Gasteiger partial charge on any atom is -0.454 e. The quantitative estimate of drug-likeness (QED) is 0.534. The van der Waals surface area contributed by atoms with Crippen LogP contribution in [0.3, 0.4) is 0 Å². The largest absolute Gasteiger partial charge is 0.454 e. The summed E-state index contributed by atoms with van der Waals surface area (Å²) in [7, 11) is 1.77. The number of nitrogens with one attached hydrogen (secondary N) is 2. The van der Waals surface area contributed by atoms with Crippen LogP contribution in [0.1, 0.15) is 38.2 Å². The van der Waals surface area contributed by atoms with Gasteiger partial charge in [-0.15, -0.1) is 0 Å². The fourth-order valence-electron chi connectivity index (χ4n) is 3.41. The number of benzene rings is 1. The van der Waals surface area contributed by atoms with Gasteiger partial charge in [0.1, 0.15) is 0 Å². The van der Waals surface area contributed by atoms with Gasteiger partial charge in [0, 0.05) is 26.8 Å². The predicted molar refractivity (Wildman–Crippen MR) is 103 cm³/mol. The minimum absolute atomic E-state index is 0.218. The van der Waals surface area contributed by atoms with Crippen molar-refractivity contribution in [3.8, 4) is 11.5 Å². The summed E-state index contributed by atoms with van der Waals surface area (Å²) < 4.78 is 16.1. The van der Waals surface area contributed by atoms with Crippen LogP contribution in [0.25, 0.3) is 0 Å². The fraction of sp³-hybridized carbons (Fsp3) is 0.632. The van der Waals surface area contributed by atoms with Gasteiger partial charge in [-0.25, -0.2) is 4.99 Å².